The molecule has 2 N–H and O–H groups in total. The second-order valence-corrected chi connectivity index (χ2v) is 1.26. The lowest BCUT2D eigenvalue weighted by molar-refractivity contribution is -0.330. The predicted molar refractivity (Wildman–Crippen MR) is 31.5 cm³/mol. The number of hydroxylamine groups is 1. The third kappa shape index (κ3) is 6.91. The molecule has 0 saturated carbocycles. The molecule has 0 aromatic rings. The van der Waals surface area contributed by atoms with Crippen molar-refractivity contribution in [2.24, 2.45) is 0 Å². The average molecular weight is 145 g/mol. The molecule has 0 aliphatic heterocycles. The van der Waals surface area contributed by atoms with Gasteiger partial charge in [-0.15, -0.1) is 11.4 Å². The van der Waals surface area contributed by atoms with Crippen molar-refractivity contribution in [3.05, 3.63) is 0 Å². The van der Waals surface area contributed by atoms with Crippen LogP contribution in [0.5, 0.6) is 0 Å². The minimum absolute atomic E-state index is 0.166. The molecule has 0 unspecified atom stereocenters. The highest BCUT2D eigenvalue weighted by Crippen LogP contribution is 1.71. The van der Waals surface area contributed by atoms with Crippen molar-refractivity contribution in [2.45, 2.75) is 0 Å². The van der Waals surface area contributed by atoms with Crippen molar-refractivity contribution in [3.63, 3.8) is 0 Å². The Labute approximate surface area is 57.8 Å². The molecule has 0 rings (SSSR count). The number of hydrogen-bond donors (Lipinski definition) is 2. The van der Waals surface area contributed by atoms with Crippen LogP contribution in [-0.2, 0) is 14.7 Å². The minimum Gasteiger partial charge on any atom is -0.479 e. The molecule has 10 heavy (non-hydrogen) atoms. The highest BCUT2D eigenvalue weighted by Gasteiger charge is 1.94. The molecule has 5 heteroatoms. The van der Waals surface area contributed by atoms with Gasteiger partial charge in [0, 0.05) is 0 Å². The van der Waals surface area contributed by atoms with Crippen LogP contribution in [0.1, 0.15) is 0 Å². The van der Waals surface area contributed by atoms with Crippen LogP contribution in [0, 0.1) is 12.3 Å². The zero-order chi connectivity index (χ0) is 7.82. The van der Waals surface area contributed by atoms with E-state index < -0.39 is 12.6 Å². The van der Waals surface area contributed by atoms with E-state index >= 15 is 0 Å². The fraction of sp³-hybridized carbons (Fsp3) is 0.400. The van der Waals surface area contributed by atoms with E-state index in [4.69, 9.17) is 11.5 Å². The molecule has 0 aliphatic rings. The highest BCUT2D eigenvalue weighted by atomic mass is 17.3. The van der Waals surface area contributed by atoms with Crippen LogP contribution in [0.4, 0.5) is 0 Å². The maximum absolute atomic E-state index is 9.76. The second kappa shape index (κ2) is 6.04. The third-order valence-corrected chi connectivity index (χ3v) is 0.474. The number of carboxylic acid groups (broad SMARTS) is 1. The minimum atomic E-state index is -1.11. The number of rotatable bonds is 5. The summed E-state index contributed by atoms with van der Waals surface area (Å²) in [6, 6.07) is 0. The van der Waals surface area contributed by atoms with Gasteiger partial charge < -0.3 is 5.11 Å². The van der Waals surface area contributed by atoms with Gasteiger partial charge in [0.1, 0.15) is 0 Å². The van der Waals surface area contributed by atoms with Crippen molar-refractivity contribution in [3.8, 4) is 12.3 Å². The van der Waals surface area contributed by atoms with Crippen LogP contribution in [0.25, 0.3) is 0 Å². The first-order valence-corrected chi connectivity index (χ1v) is 2.44. The van der Waals surface area contributed by atoms with Crippen molar-refractivity contribution in [2.75, 3.05) is 13.2 Å². The van der Waals surface area contributed by atoms with Gasteiger partial charge in [-0.05, 0) is 0 Å². The van der Waals surface area contributed by atoms with E-state index in [0.717, 1.165) is 0 Å². The molecule has 0 atom stereocenters. The van der Waals surface area contributed by atoms with E-state index in [9.17, 15) is 4.79 Å². The SMILES string of the molecule is C#CCNOOCC(=O)O. The van der Waals surface area contributed by atoms with Gasteiger partial charge in [-0.25, -0.2) is 9.68 Å². The smallest absolute Gasteiger partial charge is 0.333 e. The Morgan fingerprint density at radius 1 is 1.80 bits per heavy atom. The van der Waals surface area contributed by atoms with E-state index in [1.807, 2.05) is 0 Å². The molecule has 0 spiro atoms. The maximum atomic E-state index is 9.76. The van der Waals surface area contributed by atoms with Crippen LogP contribution < -0.4 is 5.48 Å². The van der Waals surface area contributed by atoms with Gasteiger partial charge in [-0.1, -0.05) is 5.92 Å². The normalized spacial score (nSPS) is 8.70. The summed E-state index contributed by atoms with van der Waals surface area (Å²) in [6.45, 7) is -0.350. The molecule has 5 nitrogen and oxygen atoms in total. The molecule has 0 aromatic carbocycles. The van der Waals surface area contributed by atoms with Crippen molar-refractivity contribution < 1.29 is 19.8 Å². The first kappa shape index (κ1) is 8.91. The van der Waals surface area contributed by atoms with E-state index in [-0.39, 0.29) is 6.54 Å². The lowest BCUT2D eigenvalue weighted by Crippen LogP contribution is -2.18. The predicted octanol–water partition coefficient (Wildman–Crippen LogP) is -0.843. The van der Waals surface area contributed by atoms with Gasteiger partial charge in [0.15, 0.2) is 6.61 Å². The molecule has 0 saturated heterocycles. The van der Waals surface area contributed by atoms with Gasteiger partial charge in [0.2, 0.25) is 0 Å². The number of carbonyl (C=O) groups is 1. The van der Waals surface area contributed by atoms with Gasteiger partial charge in [0.25, 0.3) is 0 Å². The summed E-state index contributed by atoms with van der Waals surface area (Å²) in [5, 5.41) is 8.00. The Kier molecular flexibility index (Phi) is 5.38. The molecule has 0 fully saturated rings. The number of hydrogen-bond acceptors (Lipinski definition) is 4. The molecule has 0 aliphatic carbocycles. The summed E-state index contributed by atoms with van der Waals surface area (Å²) >= 11 is 0. The monoisotopic (exact) mass is 145 g/mol. The molecule has 0 bridgehead atoms. The van der Waals surface area contributed by atoms with Crippen LogP contribution in [0.2, 0.25) is 0 Å². The highest BCUT2D eigenvalue weighted by molar-refractivity contribution is 5.67. The molecular weight excluding hydrogens is 138 g/mol. The summed E-state index contributed by atoms with van der Waals surface area (Å²) < 4.78 is 0. The second-order valence-electron chi connectivity index (χ2n) is 1.26. The molecule has 0 radical (unpaired) electrons. The van der Waals surface area contributed by atoms with Crippen LogP contribution in [0.15, 0.2) is 0 Å². The Morgan fingerprint density at radius 2 is 2.50 bits per heavy atom. The fourth-order valence-corrected chi connectivity index (χ4v) is 0.193. The maximum Gasteiger partial charge on any atom is 0.333 e. The molecular formula is C5H7NO4. The first-order valence-electron chi connectivity index (χ1n) is 2.44. The van der Waals surface area contributed by atoms with Crippen molar-refractivity contribution in [1.29, 1.82) is 0 Å². The Hall–Kier alpha value is -1.09. The Morgan fingerprint density at radius 3 is 3.00 bits per heavy atom. The number of carboxylic acids is 1. The summed E-state index contributed by atoms with van der Waals surface area (Å²) in [5.74, 6) is 1.08. The van der Waals surface area contributed by atoms with Gasteiger partial charge in [0.05, 0.1) is 6.54 Å². The van der Waals surface area contributed by atoms with E-state index in [2.05, 4.69) is 21.3 Å². The summed E-state index contributed by atoms with van der Waals surface area (Å²) in [5.41, 5.74) is 2.17. The lowest BCUT2D eigenvalue weighted by atomic mass is 10.7. The standard InChI is InChI=1S/C5H7NO4/c1-2-3-6-10-9-4-5(7)8/h1,6H,3-4H2,(H,7,8). The molecule has 56 valence electrons. The topological polar surface area (TPSA) is 67.8 Å². The van der Waals surface area contributed by atoms with Gasteiger partial charge >= 0.3 is 5.97 Å². The van der Waals surface area contributed by atoms with E-state index in [1.54, 1.807) is 0 Å². The summed E-state index contributed by atoms with van der Waals surface area (Å²) in [4.78, 5) is 18.0. The van der Waals surface area contributed by atoms with Crippen LogP contribution in [0.3, 0.4) is 0 Å². The Balaban J connectivity index is 2.92. The number of aliphatic carboxylic acids is 1. The fourth-order valence-electron chi connectivity index (χ4n) is 0.193. The zero-order valence-electron chi connectivity index (χ0n) is 5.16. The lowest BCUT2D eigenvalue weighted by Gasteiger charge is -1.97. The van der Waals surface area contributed by atoms with Crippen LogP contribution in [-0.4, -0.2) is 24.2 Å². The largest absolute Gasteiger partial charge is 0.479 e. The zero-order valence-corrected chi connectivity index (χ0v) is 5.16. The molecule has 0 aromatic heterocycles. The number of nitrogens with one attached hydrogen (secondary N) is 1. The van der Waals surface area contributed by atoms with E-state index in [0.29, 0.717) is 0 Å². The van der Waals surface area contributed by atoms with E-state index in [1.165, 1.54) is 0 Å². The summed E-state index contributed by atoms with van der Waals surface area (Å²) in [7, 11) is 0. The molecule has 0 heterocycles. The van der Waals surface area contributed by atoms with Crippen molar-refractivity contribution in [1.82, 2.24) is 5.48 Å². The van der Waals surface area contributed by atoms with Gasteiger partial charge in [-0.3, -0.25) is 0 Å². The third-order valence-electron chi connectivity index (χ3n) is 0.474. The quantitative estimate of drug-likeness (QED) is 0.228. The Bertz CT molecular complexity index is 139. The average Bonchev–Trinajstić information content (AvgIpc) is 1.87. The summed E-state index contributed by atoms with van der Waals surface area (Å²) in [6.07, 6.45) is 4.81. The van der Waals surface area contributed by atoms with Gasteiger partial charge in [-0.2, -0.15) is 5.48 Å². The van der Waals surface area contributed by atoms with Crippen molar-refractivity contribution >= 4 is 5.97 Å². The molecule has 0 amide bonds. The first-order chi connectivity index (χ1) is 4.77. The van der Waals surface area contributed by atoms with Crippen LogP contribution >= 0.6 is 0 Å². The number of terminal acetylenes is 1.